The van der Waals surface area contributed by atoms with Crippen LogP contribution in [0.2, 0.25) is 0 Å². The fourth-order valence-corrected chi connectivity index (χ4v) is 4.91. The number of carbonyl (C=O) groups excluding carboxylic acids is 4. The zero-order chi connectivity index (χ0) is 29.7. The molecule has 1 heterocycles. The van der Waals surface area contributed by atoms with E-state index in [2.05, 4.69) is 10.6 Å². The normalized spacial score (nSPS) is 15.3. The minimum atomic E-state index is -1.03. The summed E-state index contributed by atoms with van der Waals surface area (Å²) in [5.74, 6) is -0.937. The first-order valence-electron chi connectivity index (χ1n) is 13.3. The van der Waals surface area contributed by atoms with E-state index in [1.54, 1.807) is 74.5 Å². The number of fused-ring (bicyclic) bond motifs is 2. The molecule has 11 nitrogen and oxygen atoms in total. The summed E-state index contributed by atoms with van der Waals surface area (Å²) in [7, 11) is 4.51. The van der Waals surface area contributed by atoms with Crippen molar-refractivity contribution in [3.63, 3.8) is 0 Å². The molecule has 42 heavy (non-hydrogen) atoms. The van der Waals surface area contributed by atoms with E-state index in [0.717, 1.165) is 10.8 Å². The number of nitrogens with one attached hydrogen (secondary N) is 2. The Kier molecular flexibility index (Phi) is 10.9. The van der Waals surface area contributed by atoms with E-state index in [1.807, 2.05) is 6.07 Å². The topological polar surface area (TPSA) is 143 Å². The molecule has 4 rings (SSSR count). The molecule has 3 amide bonds. The molecule has 3 aromatic carbocycles. The highest BCUT2D eigenvalue weighted by atomic mass is 35.5. The van der Waals surface area contributed by atoms with E-state index in [0.29, 0.717) is 28.3 Å². The first-order chi connectivity index (χ1) is 19.7. The van der Waals surface area contributed by atoms with Crippen molar-refractivity contribution in [1.29, 1.82) is 0 Å². The molecule has 0 unspecified atom stereocenters. The molecule has 1 aliphatic heterocycles. The van der Waals surface area contributed by atoms with Crippen molar-refractivity contribution < 1.29 is 28.7 Å². The van der Waals surface area contributed by atoms with Crippen LogP contribution in [0.5, 0.6) is 5.75 Å². The van der Waals surface area contributed by atoms with Crippen LogP contribution >= 0.6 is 12.4 Å². The molecule has 224 valence electrons. The zero-order valence-corrected chi connectivity index (χ0v) is 24.8. The van der Waals surface area contributed by atoms with E-state index in [9.17, 15) is 19.2 Å². The second-order valence-electron chi connectivity index (χ2n) is 9.70. The number of anilines is 2. The lowest BCUT2D eigenvalue weighted by molar-refractivity contribution is -0.128. The van der Waals surface area contributed by atoms with Gasteiger partial charge < -0.3 is 35.6 Å². The predicted molar refractivity (Wildman–Crippen MR) is 163 cm³/mol. The standard InChI is InChI=1S/C30H35N5O6.ClH/c1-18(32-2)28(37)33-23-17-34(27(36)13-14-31)24-7-5-6-8-25(24)35(29(23)38)16-22-21-11-9-20(30(39)41-4)15-19(21)10-12-26(22)40-3;/h5-12,15,18,23,32H,13-14,16-17,31H2,1-4H3,(H,33,37);1H/t18-,23-;/m0./s1. The number of benzene rings is 3. The minimum absolute atomic E-state index is 0. The Hall–Kier alpha value is -4.19. The first-order valence-corrected chi connectivity index (χ1v) is 13.3. The molecule has 1 aliphatic rings. The summed E-state index contributed by atoms with van der Waals surface area (Å²) in [6.07, 6.45) is 0.0791. The second kappa shape index (κ2) is 14.1. The van der Waals surface area contributed by atoms with Crippen molar-refractivity contribution in [3.05, 3.63) is 65.7 Å². The highest BCUT2D eigenvalue weighted by molar-refractivity contribution is 6.08. The minimum Gasteiger partial charge on any atom is -0.496 e. The molecule has 2 atom stereocenters. The van der Waals surface area contributed by atoms with E-state index in [-0.39, 0.29) is 56.2 Å². The fourth-order valence-electron chi connectivity index (χ4n) is 4.91. The molecule has 0 fully saturated rings. The van der Waals surface area contributed by atoms with Gasteiger partial charge in [0.1, 0.15) is 11.8 Å². The third kappa shape index (κ3) is 6.48. The number of para-hydroxylation sites is 2. The van der Waals surface area contributed by atoms with Gasteiger partial charge in [-0.2, -0.15) is 0 Å². The van der Waals surface area contributed by atoms with Crippen LogP contribution in [0.1, 0.15) is 29.3 Å². The van der Waals surface area contributed by atoms with Crippen molar-refractivity contribution >= 4 is 58.2 Å². The van der Waals surface area contributed by atoms with Crippen LogP contribution in [-0.2, 0) is 25.7 Å². The van der Waals surface area contributed by atoms with Crippen LogP contribution in [0.3, 0.4) is 0 Å². The Morgan fingerprint density at radius 1 is 1.07 bits per heavy atom. The van der Waals surface area contributed by atoms with Crippen LogP contribution in [0.25, 0.3) is 10.8 Å². The number of likely N-dealkylation sites (N-methyl/N-ethyl adjacent to an activating group) is 1. The van der Waals surface area contributed by atoms with E-state index in [1.165, 1.54) is 12.0 Å². The van der Waals surface area contributed by atoms with Crippen LogP contribution in [0.4, 0.5) is 11.4 Å². The van der Waals surface area contributed by atoms with E-state index in [4.69, 9.17) is 15.2 Å². The molecule has 0 radical (unpaired) electrons. The molecule has 0 saturated carbocycles. The number of halogens is 1. The van der Waals surface area contributed by atoms with Crippen molar-refractivity contribution in [2.75, 3.05) is 44.2 Å². The highest BCUT2D eigenvalue weighted by Gasteiger charge is 2.37. The summed E-state index contributed by atoms with van der Waals surface area (Å²) < 4.78 is 10.6. The smallest absolute Gasteiger partial charge is 0.337 e. The van der Waals surface area contributed by atoms with Gasteiger partial charge >= 0.3 is 5.97 Å². The summed E-state index contributed by atoms with van der Waals surface area (Å²) in [6, 6.07) is 14.3. The molecule has 0 spiro atoms. The lowest BCUT2D eigenvalue weighted by Gasteiger charge is -2.27. The van der Waals surface area contributed by atoms with Gasteiger partial charge in [0.05, 0.1) is 50.3 Å². The Morgan fingerprint density at radius 3 is 2.43 bits per heavy atom. The molecule has 3 aromatic rings. The molecule has 12 heteroatoms. The van der Waals surface area contributed by atoms with Crippen LogP contribution in [-0.4, -0.2) is 70.1 Å². The quantitative estimate of drug-likeness (QED) is 0.319. The number of nitrogens with zero attached hydrogens (tertiary/aromatic N) is 2. The number of hydrogen-bond acceptors (Lipinski definition) is 8. The maximum absolute atomic E-state index is 14.2. The number of carbonyl (C=O) groups is 4. The summed E-state index contributed by atoms with van der Waals surface area (Å²) in [6.45, 7) is 1.84. The number of amides is 3. The molecule has 0 bridgehead atoms. The van der Waals surface area contributed by atoms with Gasteiger partial charge in [-0.15, -0.1) is 12.4 Å². The van der Waals surface area contributed by atoms with Crippen molar-refractivity contribution in [2.45, 2.75) is 32.0 Å². The number of hydrogen-bond donors (Lipinski definition) is 3. The number of nitrogens with two attached hydrogens (primary N) is 1. The van der Waals surface area contributed by atoms with Gasteiger partial charge in [-0.3, -0.25) is 14.4 Å². The van der Waals surface area contributed by atoms with Crippen molar-refractivity contribution in [3.8, 4) is 5.75 Å². The predicted octanol–water partition coefficient (Wildman–Crippen LogP) is 2.38. The molecular weight excluding hydrogens is 562 g/mol. The van der Waals surface area contributed by atoms with Crippen LogP contribution in [0.15, 0.2) is 54.6 Å². The van der Waals surface area contributed by atoms with Gasteiger partial charge in [0.15, 0.2) is 0 Å². The van der Waals surface area contributed by atoms with Gasteiger partial charge in [0.25, 0.3) is 5.91 Å². The van der Waals surface area contributed by atoms with E-state index >= 15 is 0 Å². The lowest BCUT2D eigenvalue weighted by Crippen LogP contribution is -2.55. The van der Waals surface area contributed by atoms with Crippen LogP contribution in [0, 0.1) is 0 Å². The summed E-state index contributed by atoms with van der Waals surface area (Å²) in [5, 5.41) is 7.23. The number of esters is 1. The molecule has 0 aromatic heterocycles. The van der Waals surface area contributed by atoms with Crippen LogP contribution < -0.4 is 30.9 Å². The molecule has 0 saturated heterocycles. The SMILES string of the molecule is CN[C@@H](C)C(=O)N[C@H]1CN(C(=O)CCN)c2ccccc2N(Cc2c(OC)ccc3cc(C(=O)OC)ccc23)C1=O.Cl. The third-order valence-corrected chi connectivity index (χ3v) is 7.24. The van der Waals surface area contributed by atoms with Gasteiger partial charge in [0.2, 0.25) is 11.8 Å². The lowest BCUT2D eigenvalue weighted by atomic mass is 10.00. The maximum Gasteiger partial charge on any atom is 0.337 e. The van der Waals surface area contributed by atoms with Crippen molar-refractivity contribution in [2.24, 2.45) is 5.73 Å². The van der Waals surface area contributed by atoms with E-state index < -0.39 is 18.1 Å². The maximum atomic E-state index is 14.2. The Bertz CT molecular complexity index is 1480. The van der Waals surface area contributed by atoms with Gasteiger partial charge in [-0.1, -0.05) is 24.3 Å². The monoisotopic (exact) mass is 597 g/mol. The Labute approximate surface area is 250 Å². The summed E-state index contributed by atoms with van der Waals surface area (Å²) >= 11 is 0. The molecule has 4 N–H and O–H groups in total. The fraction of sp³-hybridized carbons (Fsp3) is 0.333. The molecule has 0 aliphatic carbocycles. The summed E-state index contributed by atoms with van der Waals surface area (Å²) in [5.41, 5.74) is 7.83. The average Bonchev–Trinajstić information content (AvgIpc) is 3.10. The number of rotatable bonds is 9. The third-order valence-electron chi connectivity index (χ3n) is 7.24. The Balaban J connectivity index is 0.00000484. The van der Waals surface area contributed by atoms with Gasteiger partial charge in [-0.25, -0.2) is 4.79 Å². The zero-order valence-electron chi connectivity index (χ0n) is 24.0. The highest BCUT2D eigenvalue weighted by Crippen LogP contribution is 2.37. The number of methoxy groups -OCH3 is 2. The second-order valence-corrected chi connectivity index (χ2v) is 9.70. The van der Waals surface area contributed by atoms with Crippen molar-refractivity contribution in [1.82, 2.24) is 10.6 Å². The largest absolute Gasteiger partial charge is 0.496 e. The Morgan fingerprint density at radius 2 is 1.79 bits per heavy atom. The molecular formula is C30H36ClN5O6. The number of ether oxygens (including phenoxy) is 2. The van der Waals surface area contributed by atoms with Gasteiger partial charge in [0, 0.05) is 18.5 Å². The first kappa shape index (κ1) is 32.3. The average molecular weight is 598 g/mol. The summed E-state index contributed by atoms with van der Waals surface area (Å²) in [4.78, 5) is 55.6. The van der Waals surface area contributed by atoms with Gasteiger partial charge in [-0.05, 0) is 55.1 Å².